The highest BCUT2D eigenvalue weighted by molar-refractivity contribution is 5.69. The van der Waals surface area contributed by atoms with Gasteiger partial charge in [0.25, 0.3) is 0 Å². The first-order valence-electron chi connectivity index (χ1n) is 5.62. The van der Waals surface area contributed by atoms with E-state index in [1.165, 1.54) is 4.90 Å². The molecular formula is C11H21FN2O2. The molecule has 2 atom stereocenters. The maximum atomic E-state index is 13.3. The number of hydrogen-bond acceptors (Lipinski definition) is 3. The molecular weight excluding hydrogens is 211 g/mol. The molecule has 1 rings (SSSR count). The summed E-state index contributed by atoms with van der Waals surface area (Å²) in [6.45, 7) is 6.16. The molecule has 0 aromatic heterocycles. The van der Waals surface area contributed by atoms with Crippen molar-refractivity contribution in [2.24, 2.45) is 0 Å². The predicted octanol–water partition coefficient (Wildman–Crippen LogP) is 1.55. The van der Waals surface area contributed by atoms with Gasteiger partial charge in [-0.05, 0) is 27.8 Å². The van der Waals surface area contributed by atoms with Gasteiger partial charge in [-0.25, -0.2) is 9.18 Å². The SMILES string of the molecule is CNC[C@@H]1C[C@H](F)CN1C(=O)OC(C)(C)C. The number of likely N-dealkylation sites (tertiary alicyclic amines) is 1. The summed E-state index contributed by atoms with van der Waals surface area (Å²) in [5.74, 6) is 0. The molecule has 16 heavy (non-hydrogen) atoms. The molecule has 94 valence electrons. The Kier molecular flexibility index (Phi) is 4.13. The van der Waals surface area contributed by atoms with E-state index in [9.17, 15) is 9.18 Å². The average Bonchev–Trinajstić information content (AvgIpc) is 2.44. The van der Waals surface area contributed by atoms with Crippen molar-refractivity contribution in [1.29, 1.82) is 0 Å². The summed E-state index contributed by atoms with van der Waals surface area (Å²) >= 11 is 0. The largest absolute Gasteiger partial charge is 0.444 e. The minimum Gasteiger partial charge on any atom is -0.444 e. The summed E-state index contributed by atoms with van der Waals surface area (Å²) in [7, 11) is 1.79. The van der Waals surface area contributed by atoms with E-state index in [2.05, 4.69) is 5.32 Å². The van der Waals surface area contributed by atoms with E-state index in [0.29, 0.717) is 13.0 Å². The zero-order valence-corrected chi connectivity index (χ0v) is 10.4. The Morgan fingerprint density at radius 1 is 1.56 bits per heavy atom. The minimum atomic E-state index is -0.939. The zero-order valence-electron chi connectivity index (χ0n) is 10.4. The first-order valence-corrected chi connectivity index (χ1v) is 5.62. The molecule has 1 aliphatic rings. The van der Waals surface area contributed by atoms with Crippen LogP contribution in [0.25, 0.3) is 0 Å². The van der Waals surface area contributed by atoms with Crippen LogP contribution in [-0.4, -0.2) is 48.9 Å². The molecule has 4 nitrogen and oxygen atoms in total. The van der Waals surface area contributed by atoms with E-state index in [4.69, 9.17) is 4.74 Å². The van der Waals surface area contributed by atoms with Crippen molar-refractivity contribution in [2.45, 2.75) is 45.0 Å². The van der Waals surface area contributed by atoms with Crippen LogP contribution >= 0.6 is 0 Å². The van der Waals surface area contributed by atoms with Gasteiger partial charge in [-0.3, -0.25) is 0 Å². The molecule has 0 unspecified atom stereocenters. The summed E-state index contributed by atoms with van der Waals surface area (Å²) in [4.78, 5) is 13.3. The van der Waals surface area contributed by atoms with Crippen LogP contribution in [0.2, 0.25) is 0 Å². The summed E-state index contributed by atoms with van der Waals surface area (Å²) in [6.07, 6.45) is -0.973. The lowest BCUT2D eigenvalue weighted by molar-refractivity contribution is 0.0220. The van der Waals surface area contributed by atoms with Crippen LogP contribution in [0, 0.1) is 0 Å². The monoisotopic (exact) mass is 232 g/mol. The fourth-order valence-electron chi connectivity index (χ4n) is 1.83. The van der Waals surface area contributed by atoms with Crippen molar-refractivity contribution in [3.05, 3.63) is 0 Å². The van der Waals surface area contributed by atoms with Gasteiger partial charge in [-0.15, -0.1) is 0 Å². The Hall–Kier alpha value is -0.840. The number of nitrogens with one attached hydrogen (secondary N) is 1. The second-order valence-corrected chi connectivity index (χ2v) is 5.18. The van der Waals surface area contributed by atoms with E-state index in [-0.39, 0.29) is 12.6 Å². The third kappa shape index (κ3) is 3.63. The lowest BCUT2D eigenvalue weighted by atomic mass is 10.2. The highest BCUT2D eigenvalue weighted by Crippen LogP contribution is 2.22. The Labute approximate surface area is 96.1 Å². The third-order valence-electron chi connectivity index (χ3n) is 2.43. The van der Waals surface area contributed by atoms with Gasteiger partial charge in [0.05, 0.1) is 12.6 Å². The van der Waals surface area contributed by atoms with Crippen molar-refractivity contribution in [2.75, 3.05) is 20.1 Å². The van der Waals surface area contributed by atoms with Crippen molar-refractivity contribution in [1.82, 2.24) is 10.2 Å². The van der Waals surface area contributed by atoms with Gasteiger partial charge in [0.2, 0.25) is 0 Å². The van der Waals surface area contributed by atoms with E-state index in [1.807, 2.05) is 0 Å². The Morgan fingerprint density at radius 2 is 2.19 bits per heavy atom. The standard InChI is InChI=1S/C11H21FN2O2/c1-11(2,3)16-10(15)14-7-8(12)5-9(14)6-13-4/h8-9,13H,5-7H2,1-4H3/t8-,9-/m0/s1. The van der Waals surface area contributed by atoms with Crippen molar-refractivity contribution >= 4 is 6.09 Å². The molecule has 0 spiro atoms. The zero-order chi connectivity index (χ0) is 12.3. The molecule has 0 bridgehead atoms. The van der Waals surface area contributed by atoms with Crippen LogP contribution in [0.15, 0.2) is 0 Å². The number of amides is 1. The van der Waals surface area contributed by atoms with Crippen LogP contribution in [0.5, 0.6) is 0 Å². The first-order chi connectivity index (χ1) is 7.33. The lowest BCUT2D eigenvalue weighted by Gasteiger charge is -2.28. The summed E-state index contributed by atoms with van der Waals surface area (Å²) in [6, 6.07) is -0.102. The van der Waals surface area contributed by atoms with E-state index < -0.39 is 17.9 Å². The molecule has 0 aromatic carbocycles. The molecule has 1 N–H and O–H groups in total. The molecule has 1 saturated heterocycles. The summed E-state index contributed by atoms with van der Waals surface area (Å²) in [5, 5.41) is 2.96. The van der Waals surface area contributed by atoms with Crippen molar-refractivity contribution in [3.63, 3.8) is 0 Å². The number of alkyl halides is 1. The van der Waals surface area contributed by atoms with Gasteiger partial charge >= 0.3 is 6.09 Å². The van der Waals surface area contributed by atoms with Crippen LogP contribution in [0.3, 0.4) is 0 Å². The number of rotatable bonds is 2. The predicted molar refractivity (Wildman–Crippen MR) is 60.2 cm³/mol. The smallest absolute Gasteiger partial charge is 0.410 e. The molecule has 0 aromatic rings. The third-order valence-corrected chi connectivity index (χ3v) is 2.43. The Bertz CT molecular complexity index is 253. The Balaban J connectivity index is 2.59. The second kappa shape index (κ2) is 4.99. The number of carbonyl (C=O) groups is 1. The quantitative estimate of drug-likeness (QED) is 0.785. The number of hydrogen-bond donors (Lipinski definition) is 1. The molecule has 1 fully saturated rings. The molecule has 0 radical (unpaired) electrons. The first kappa shape index (κ1) is 13.2. The summed E-state index contributed by atoms with van der Waals surface area (Å²) < 4.78 is 18.5. The number of ether oxygens (including phenoxy) is 1. The molecule has 1 aliphatic heterocycles. The van der Waals surface area contributed by atoms with Crippen LogP contribution in [0.1, 0.15) is 27.2 Å². The van der Waals surface area contributed by atoms with Crippen LogP contribution in [-0.2, 0) is 4.74 Å². The van der Waals surface area contributed by atoms with E-state index in [0.717, 1.165) is 0 Å². The van der Waals surface area contributed by atoms with Gasteiger partial charge in [-0.1, -0.05) is 0 Å². The van der Waals surface area contributed by atoms with Gasteiger partial charge in [-0.2, -0.15) is 0 Å². The number of carbonyl (C=O) groups excluding carboxylic acids is 1. The highest BCUT2D eigenvalue weighted by atomic mass is 19.1. The van der Waals surface area contributed by atoms with Crippen molar-refractivity contribution in [3.8, 4) is 0 Å². The van der Waals surface area contributed by atoms with Crippen LogP contribution < -0.4 is 5.32 Å². The number of nitrogens with zero attached hydrogens (tertiary/aromatic N) is 1. The van der Waals surface area contributed by atoms with Gasteiger partial charge < -0.3 is 15.0 Å². The Morgan fingerprint density at radius 3 is 2.69 bits per heavy atom. The summed E-state index contributed by atoms with van der Waals surface area (Å²) in [5.41, 5.74) is -0.532. The highest BCUT2D eigenvalue weighted by Gasteiger charge is 2.37. The van der Waals surface area contributed by atoms with E-state index >= 15 is 0 Å². The number of likely N-dealkylation sites (N-methyl/N-ethyl adjacent to an activating group) is 1. The topological polar surface area (TPSA) is 41.6 Å². The lowest BCUT2D eigenvalue weighted by Crippen LogP contribution is -2.43. The van der Waals surface area contributed by atoms with E-state index in [1.54, 1.807) is 27.8 Å². The fraction of sp³-hybridized carbons (Fsp3) is 0.909. The number of halogens is 1. The molecule has 1 amide bonds. The van der Waals surface area contributed by atoms with Crippen molar-refractivity contribution < 1.29 is 13.9 Å². The van der Waals surface area contributed by atoms with Gasteiger partial charge in [0, 0.05) is 13.0 Å². The second-order valence-electron chi connectivity index (χ2n) is 5.18. The molecule has 5 heteroatoms. The maximum absolute atomic E-state index is 13.3. The van der Waals surface area contributed by atoms with Gasteiger partial charge in [0.15, 0.2) is 0 Å². The normalized spacial score (nSPS) is 25.9. The molecule has 0 aliphatic carbocycles. The maximum Gasteiger partial charge on any atom is 0.410 e. The minimum absolute atomic E-state index is 0.102. The molecule has 0 saturated carbocycles. The average molecular weight is 232 g/mol. The fourth-order valence-corrected chi connectivity index (χ4v) is 1.83. The van der Waals surface area contributed by atoms with Gasteiger partial charge in [0.1, 0.15) is 11.8 Å². The molecule has 1 heterocycles. The van der Waals surface area contributed by atoms with Crippen LogP contribution in [0.4, 0.5) is 9.18 Å².